The quantitative estimate of drug-likeness (QED) is 0.321. The zero-order valence-corrected chi connectivity index (χ0v) is 8.85. The highest BCUT2D eigenvalue weighted by Gasteiger charge is 2.32. The Labute approximate surface area is 88.6 Å². The molecule has 1 heterocycles. The molecule has 1 aliphatic rings. The van der Waals surface area contributed by atoms with Gasteiger partial charge in [0.05, 0.1) is 12.0 Å². The molecule has 0 aromatic rings. The first-order valence-electron chi connectivity index (χ1n) is 5.19. The molecule has 1 amide bonds. The lowest BCUT2D eigenvalue weighted by molar-refractivity contribution is -0.126. The summed E-state index contributed by atoms with van der Waals surface area (Å²) in [5.74, 6) is -0.0337. The van der Waals surface area contributed by atoms with Crippen LogP contribution in [-0.4, -0.2) is 31.7 Å². The molecule has 6 heteroatoms. The topological polar surface area (TPSA) is 87.1 Å². The molecule has 1 N–H and O–H groups in total. The Kier molecular flexibility index (Phi) is 4.93. The van der Waals surface area contributed by atoms with Gasteiger partial charge in [-0.25, -0.2) is 0 Å². The zero-order chi connectivity index (χ0) is 11.1. The largest absolute Gasteiger partial charge is 0.377 e. The van der Waals surface area contributed by atoms with E-state index in [1.807, 2.05) is 6.92 Å². The second-order valence-electron chi connectivity index (χ2n) is 3.46. The lowest BCUT2D eigenvalue weighted by Gasteiger charge is -2.15. The summed E-state index contributed by atoms with van der Waals surface area (Å²) in [4.78, 5) is 14.3. The van der Waals surface area contributed by atoms with E-state index in [2.05, 4.69) is 15.3 Å². The Bertz CT molecular complexity index is 263. The SMILES string of the molecule is CCC1OCCC1C(=O)NCCN=[N+]=[N-]. The van der Waals surface area contributed by atoms with Crippen molar-refractivity contribution < 1.29 is 9.53 Å². The van der Waals surface area contributed by atoms with Crippen molar-refractivity contribution in [2.75, 3.05) is 19.7 Å². The summed E-state index contributed by atoms with van der Waals surface area (Å²) >= 11 is 0. The third kappa shape index (κ3) is 3.42. The summed E-state index contributed by atoms with van der Waals surface area (Å²) in [5.41, 5.74) is 8.05. The standard InChI is InChI=1S/C9H16N4O2/c1-2-8-7(3-6-15-8)9(14)11-4-5-12-13-10/h7-8H,2-6H2,1H3,(H,11,14). The van der Waals surface area contributed by atoms with Crippen LogP contribution in [0, 0.1) is 5.92 Å². The maximum absolute atomic E-state index is 11.7. The van der Waals surface area contributed by atoms with E-state index in [0.29, 0.717) is 19.7 Å². The van der Waals surface area contributed by atoms with Gasteiger partial charge in [0, 0.05) is 24.6 Å². The Morgan fingerprint density at radius 3 is 3.20 bits per heavy atom. The Morgan fingerprint density at radius 1 is 1.73 bits per heavy atom. The van der Waals surface area contributed by atoms with Crippen LogP contribution in [0.3, 0.4) is 0 Å². The van der Waals surface area contributed by atoms with Crippen LogP contribution in [0.5, 0.6) is 0 Å². The molecule has 0 radical (unpaired) electrons. The minimum atomic E-state index is -0.0407. The minimum absolute atomic E-state index is 0.00693. The first-order valence-corrected chi connectivity index (χ1v) is 5.19. The Balaban J connectivity index is 2.29. The second-order valence-corrected chi connectivity index (χ2v) is 3.46. The van der Waals surface area contributed by atoms with Gasteiger partial charge in [-0.15, -0.1) is 0 Å². The van der Waals surface area contributed by atoms with Crippen molar-refractivity contribution in [1.29, 1.82) is 0 Å². The van der Waals surface area contributed by atoms with Crippen molar-refractivity contribution in [3.8, 4) is 0 Å². The summed E-state index contributed by atoms with van der Waals surface area (Å²) in [7, 11) is 0. The first-order chi connectivity index (χ1) is 7.29. The molecule has 0 aliphatic carbocycles. The highest BCUT2D eigenvalue weighted by Crippen LogP contribution is 2.23. The molecule has 6 nitrogen and oxygen atoms in total. The molecule has 0 bridgehead atoms. The number of hydrogen-bond donors (Lipinski definition) is 1. The van der Waals surface area contributed by atoms with E-state index in [1.165, 1.54) is 0 Å². The molecule has 1 aliphatic heterocycles. The monoisotopic (exact) mass is 212 g/mol. The van der Waals surface area contributed by atoms with Gasteiger partial charge in [-0.3, -0.25) is 4.79 Å². The minimum Gasteiger partial charge on any atom is -0.377 e. The molecular formula is C9H16N4O2. The molecule has 0 saturated carbocycles. The van der Waals surface area contributed by atoms with Gasteiger partial charge in [0.2, 0.25) is 5.91 Å². The predicted molar refractivity (Wildman–Crippen MR) is 55.2 cm³/mol. The van der Waals surface area contributed by atoms with Gasteiger partial charge in [-0.05, 0) is 18.4 Å². The number of ether oxygens (including phenoxy) is 1. The predicted octanol–water partition coefficient (Wildman–Crippen LogP) is 1.23. The van der Waals surface area contributed by atoms with Crippen LogP contribution in [0.25, 0.3) is 10.4 Å². The van der Waals surface area contributed by atoms with Gasteiger partial charge in [0.25, 0.3) is 0 Å². The molecule has 2 unspecified atom stereocenters. The maximum Gasteiger partial charge on any atom is 0.225 e. The Hall–Kier alpha value is -1.26. The summed E-state index contributed by atoms with van der Waals surface area (Å²) in [6.07, 6.45) is 1.68. The van der Waals surface area contributed by atoms with Crippen LogP contribution in [-0.2, 0) is 9.53 Å². The van der Waals surface area contributed by atoms with Gasteiger partial charge in [-0.2, -0.15) is 0 Å². The highest BCUT2D eigenvalue weighted by molar-refractivity contribution is 5.79. The molecule has 84 valence electrons. The number of amides is 1. The number of azide groups is 1. The van der Waals surface area contributed by atoms with E-state index >= 15 is 0 Å². The van der Waals surface area contributed by atoms with Crippen molar-refractivity contribution in [2.45, 2.75) is 25.9 Å². The lowest BCUT2D eigenvalue weighted by Crippen LogP contribution is -2.36. The molecule has 2 atom stereocenters. The maximum atomic E-state index is 11.7. The average molecular weight is 212 g/mol. The molecule has 0 aromatic carbocycles. The molecule has 0 spiro atoms. The van der Waals surface area contributed by atoms with Crippen molar-refractivity contribution in [3.63, 3.8) is 0 Å². The normalized spacial score (nSPS) is 24.6. The molecular weight excluding hydrogens is 196 g/mol. The van der Waals surface area contributed by atoms with Gasteiger partial charge in [-0.1, -0.05) is 12.0 Å². The zero-order valence-electron chi connectivity index (χ0n) is 8.85. The number of nitrogens with zero attached hydrogens (tertiary/aromatic N) is 3. The summed E-state index contributed by atoms with van der Waals surface area (Å²) in [6, 6.07) is 0. The van der Waals surface area contributed by atoms with Crippen LogP contribution < -0.4 is 5.32 Å². The van der Waals surface area contributed by atoms with Gasteiger partial charge in [0.1, 0.15) is 0 Å². The van der Waals surface area contributed by atoms with Crippen LogP contribution in [0.15, 0.2) is 5.11 Å². The first kappa shape index (κ1) is 11.8. The van der Waals surface area contributed by atoms with Crippen molar-refractivity contribution in [1.82, 2.24) is 5.32 Å². The van der Waals surface area contributed by atoms with Crippen LogP contribution in [0.4, 0.5) is 0 Å². The molecule has 1 fully saturated rings. The second kappa shape index (κ2) is 6.27. The van der Waals surface area contributed by atoms with E-state index in [1.54, 1.807) is 0 Å². The van der Waals surface area contributed by atoms with E-state index in [-0.39, 0.29) is 17.9 Å². The van der Waals surface area contributed by atoms with Crippen molar-refractivity contribution in [3.05, 3.63) is 10.4 Å². The Morgan fingerprint density at radius 2 is 2.53 bits per heavy atom. The van der Waals surface area contributed by atoms with Crippen molar-refractivity contribution >= 4 is 5.91 Å². The van der Waals surface area contributed by atoms with Gasteiger partial charge < -0.3 is 10.1 Å². The highest BCUT2D eigenvalue weighted by atomic mass is 16.5. The lowest BCUT2D eigenvalue weighted by atomic mass is 9.99. The third-order valence-electron chi connectivity index (χ3n) is 2.52. The van der Waals surface area contributed by atoms with E-state index in [9.17, 15) is 4.79 Å². The number of rotatable bonds is 5. The summed E-state index contributed by atoms with van der Waals surface area (Å²) < 4.78 is 5.42. The van der Waals surface area contributed by atoms with E-state index in [4.69, 9.17) is 10.3 Å². The average Bonchev–Trinajstić information content (AvgIpc) is 2.72. The molecule has 1 rings (SSSR count). The van der Waals surface area contributed by atoms with Crippen molar-refractivity contribution in [2.24, 2.45) is 11.0 Å². The number of carbonyl (C=O) groups excluding carboxylic acids is 1. The van der Waals surface area contributed by atoms with E-state index < -0.39 is 0 Å². The van der Waals surface area contributed by atoms with Crippen LogP contribution in [0.1, 0.15) is 19.8 Å². The summed E-state index contributed by atoms with van der Waals surface area (Å²) in [6.45, 7) is 3.37. The third-order valence-corrected chi connectivity index (χ3v) is 2.52. The fraction of sp³-hybridized carbons (Fsp3) is 0.889. The summed E-state index contributed by atoms with van der Waals surface area (Å²) in [5, 5.41) is 6.08. The smallest absolute Gasteiger partial charge is 0.225 e. The van der Waals surface area contributed by atoms with Crippen LogP contribution >= 0.6 is 0 Å². The molecule has 1 saturated heterocycles. The molecule has 0 aromatic heterocycles. The van der Waals surface area contributed by atoms with Crippen LogP contribution in [0.2, 0.25) is 0 Å². The number of nitrogens with one attached hydrogen (secondary N) is 1. The fourth-order valence-electron chi connectivity index (χ4n) is 1.76. The van der Waals surface area contributed by atoms with Gasteiger partial charge in [0.15, 0.2) is 0 Å². The fourth-order valence-corrected chi connectivity index (χ4v) is 1.76. The number of carbonyl (C=O) groups is 1. The number of hydrogen-bond acceptors (Lipinski definition) is 3. The van der Waals surface area contributed by atoms with Gasteiger partial charge >= 0.3 is 0 Å². The van der Waals surface area contributed by atoms with E-state index in [0.717, 1.165) is 12.8 Å². The molecule has 15 heavy (non-hydrogen) atoms.